The van der Waals surface area contributed by atoms with Crippen LogP contribution in [0.25, 0.3) is 0 Å². The first-order valence-electron chi connectivity index (χ1n) is 7.27. The van der Waals surface area contributed by atoms with Crippen molar-refractivity contribution in [2.75, 3.05) is 20.2 Å². The van der Waals surface area contributed by atoms with Crippen LogP contribution in [0.3, 0.4) is 0 Å². The van der Waals surface area contributed by atoms with Crippen LogP contribution in [-0.2, 0) is 11.2 Å². The van der Waals surface area contributed by atoms with Crippen molar-refractivity contribution in [1.29, 1.82) is 0 Å². The van der Waals surface area contributed by atoms with E-state index in [1.165, 1.54) is 5.56 Å². The molecule has 0 radical (unpaired) electrons. The monoisotopic (exact) mass is 305 g/mol. The molecule has 1 aromatic heterocycles. The number of aromatic nitrogens is 2. The zero-order valence-electron chi connectivity index (χ0n) is 12.1. The first kappa shape index (κ1) is 14.6. The number of nitrogens with one attached hydrogen (secondary N) is 1. The molecular weight excluding hydrogens is 286 g/mol. The molecule has 5 heteroatoms. The molecule has 0 bridgehead atoms. The number of halogens is 1. The van der Waals surface area contributed by atoms with Crippen molar-refractivity contribution in [2.45, 2.75) is 25.0 Å². The van der Waals surface area contributed by atoms with Crippen molar-refractivity contribution in [3.8, 4) is 0 Å². The zero-order chi connectivity index (χ0) is 14.7. The van der Waals surface area contributed by atoms with Gasteiger partial charge in [-0.2, -0.15) is 0 Å². The number of hydrogen-bond donors (Lipinski definition) is 1. The second kappa shape index (κ2) is 6.60. The largest absolute Gasteiger partial charge is 0.380 e. The van der Waals surface area contributed by atoms with E-state index in [1.54, 1.807) is 7.11 Å². The smallest absolute Gasteiger partial charge is 0.123 e. The highest BCUT2D eigenvalue weighted by molar-refractivity contribution is 6.30. The fourth-order valence-corrected chi connectivity index (χ4v) is 3.07. The van der Waals surface area contributed by atoms with Crippen molar-refractivity contribution in [2.24, 2.45) is 0 Å². The van der Waals surface area contributed by atoms with Crippen LogP contribution in [0.4, 0.5) is 0 Å². The predicted octanol–water partition coefficient (Wildman–Crippen LogP) is 3.07. The highest BCUT2D eigenvalue weighted by Crippen LogP contribution is 2.31. The molecule has 1 unspecified atom stereocenters. The average molecular weight is 306 g/mol. The second-order valence-electron chi connectivity index (χ2n) is 5.46. The topological polar surface area (TPSA) is 41.1 Å². The summed E-state index contributed by atoms with van der Waals surface area (Å²) in [7, 11) is 1.78. The van der Waals surface area contributed by atoms with Gasteiger partial charge in [0.15, 0.2) is 0 Å². The summed E-state index contributed by atoms with van der Waals surface area (Å²) in [5.74, 6) is 1.03. The number of methoxy groups -OCH3 is 1. The van der Waals surface area contributed by atoms with Gasteiger partial charge in [0.2, 0.25) is 0 Å². The lowest BCUT2D eigenvalue weighted by Gasteiger charge is -2.22. The van der Waals surface area contributed by atoms with E-state index in [0.29, 0.717) is 6.04 Å². The van der Waals surface area contributed by atoms with Gasteiger partial charge in [-0.15, -0.1) is 0 Å². The van der Waals surface area contributed by atoms with Crippen molar-refractivity contribution in [1.82, 2.24) is 14.9 Å². The Morgan fingerprint density at radius 1 is 1.38 bits per heavy atom. The van der Waals surface area contributed by atoms with Gasteiger partial charge < -0.3 is 9.72 Å². The third-order valence-electron chi connectivity index (χ3n) is 4.13. The number of benzene rings is 1. The van der Waals surface area contributed by atoms with Crippen LogP contribution < -0.4 is 0 Å². The van der Waals surface area contributed by atoms with Crippen LogP contribution in [0.15, 0.2) is 36.7 Å². The van der Waals surface area contributed by atoms with Gasteiger partial charge in [0.05, 0.1) is 12.1 Å². The van der Waals surface area contributed by atoms with Gasteiger partial charge in [-0.05, 0) is 30.5 Å². The quantitative estimate of drug-likeness (QED) is 0.923. The maximum absolute atomic E-state index is 5.93. The van der Waals surface area contributed by atoms with E-state index in [4.69, 9.17) is 16.3 Å². The third kappa shape index (κ3) is 3.46. The summed E-state index contributed by atoms with van der Waals surface area (Å²) in [4.78, 5) is 10.1. The van der Waals surface area contributed by atoms with E-state index in [0.717, 1.165) is 36.8 Å². The van der Waals surface area contributed by atoms with Crippen LogP contribution in [0.1, 0.15) is 23.9 Å². The summed E-state index contributed by atoms with van der Waals surface area (Å²) in [6.45, 7) is 1.95. The minimum Gasteiger partial charge on any atom is -0.380 e. The van der Waals surface area contributed by atoms with Gasteiger partial charge in [0, 0.05) is 37.6 Å². The molecule has 1 saturated heterocycles. The molecule has 21 heavy (non-hydrogen) atoms. The van der Waals surface area contributed by atoms with E-state index in [1.807, 2.05) is 24.5 Å². The van der Waals surface area contributed by atoms with Crippen LogP contribution in [0.2, 0.25) is 5.02 Å². The molecule has 1 aromatic carbocycles. The van der Waals surface area contributed by atoms with Gasteiger partial charge in [-0.25, -0.2) is 4.98 Å². The lowest BCUT2D eigenvalue weighted by Crippen LogP contribution is -2.28. The fourth-order valence-electron chi connectivity index (χ4n) is 2.95. The second-order valence-corrected chi connectivity index (χ2v) is 5.89. The van der Waals surface area contributed by atoms with E-state index in [-0.39, 0.29) is 6.10 Å². The van der Waals surface area contributed by atoms with Crippen LogP contribution in [0.5, 0.6) is 0 Å². The number of hydrogen-bond acceptors (Lipinski definition) is 3. The van der Waals surface area contributed by atoms with Crippen molar-refractivity contribution < 1.29 is 4.74 Å². The Hall–Kier alpha value is -1.36. The molecule has 112 valence electrons. The zero-order valence-corrected chi connectivity index (χ0v) is 12.9. The van der Waals surface area contributed by atoms with E-state index >= 15 is 0 Å². The lowest BCUT2D eigenvalue weighted by molar-refractivity contribution is 0.108. The molecule has 0 amide bonds. The Bertz CT molecular complexity index is 555. The standard InChI is InChI=1S/C16H20ClN3O/c1-21-14-10-15(16-18-7-8-19-16)20(11-14)9-6-12-2-4-13(17)5-3-12/h2-5,7-8,14-15H,6,9-11H2,1H3,(H,18,19)/t14-,15?/m1/s1. The number of aromatic amines is 1. The summed E-state index contributed by atoms with van der Waals surface area (Å²) < 4.78 is 5.54. The lowest BCUT2D eigenvalue weighted by atomic mass is 10.1. The van der Waals surface area contributed by atoms with Crippen LogP contribution in [0, 0.1) is 0 Å². The molecule has 2 atom stereocenters. The fraction of sp³-hybridized carbons (Fsp3) is 0.438. The Kier molecular flexibility index (Phi) is 4.58. The van der Waals surface area contributed by atoms with Crippen LogP contribution >= 0.6 is 11.6 Å². The highest BCUT2D eigenvalue weighted by atomic mass is 35.5. The summed E-state index contributed by atoms with van der Waals surface area (Å²) in [6, 6.07) is 8.39. The Balaban J connectivity index is 1.66. The first-order chi connectivity index (χ1) is 10.3. The number of likely N-dealkylation sites (tertiary alicyclic amines) is 1. The minimum atomic E-state index is 0.283. The van der Waals surface area contributed by atoms with Gasteiger partial charge in [-0.1, -0.05) is 23.7 Å². The molecule has 1 aliphatic rings. The van der Waals surface area contributed by atoms with Gasteiger partial charge in [0.1, 0.15) is 5.82 Å². The minimum absolute atomic E-state index is 0.283. The van der Waals surface area contributed by atoms with Gasteiger partial charge in [0.25, 0.3) is 0 Å². The Morgan fingerprint density at radius 3 is 2.86 bits per heavy atom. The summed E-state index contributed by atoms with van der Waals surface area (Å²) in [5, 5.41) is 0.785. The first-order valence-corrected chi connectivity index (χ1v) is 7.64. The van der Waals surface area contributed by atoms with E-state index < -0.39 is 0 Å². The normalized spacial score (nSPS) is 22.8. The number of nitrogens with zero attached hydrogens (tertiary/aromatic N) is 2. The maximum atomic E-state index is 5.93. The van der Waals surface area contributed by atoms with Gasteiger partial charge >= 0.3 is 0 Å². The number of rotatable bonds is 5. The molecule has 1 N–H and O–H groups in total. The molecule has 1 aliphatic heterocycles. The van der Waals surface area contributed by atoms with Crippen molar-refractivity contribution in [3.05, 3.63) is 53.1 Å². The molecule has 0 saturated carbocycles. The van der Waals surface area contributed by atoms with Crippen molar-refractivity contribution >= 4 is 11.6 Å². The van der Waals surface area contributed by atoms with E-state index in [2.05, 4.69) is 27.0 Å². The molecular formula is C16H20ClN3O. The molecule has 2 heterocycles. The van der Waals surface area contributed by atoms with E-state index in [9.17, 15) is 0 Å². The molecule has 0 aliphatic carbocycles. The number of ether oxygens (including phenoxy) is 1. The number of H-pyrrole nitrogens is 1. The number of imidazole rings is 1. The predicted molar refractivity (Wildman–Crippen MR) is 83.5 cm³/mol. The summed E-state index contributed by atoms with van der Waals surface area (Å²) in [5.41, 5.74) is 1.30. The molecule has 1 fully saturated rings. The maximum Gasteiger partial charge on any atom is 0.123 e. The van der Waals surface area contributed by atoms with Crippen molar-refractivity contribution in [3.63, 3.8) is 0 Å². The summed E-state index contributed by atoms with van der Waals surface area (Å²) >= 11 is 5.93. The Labute approximate surface area is 130 Å². The molecule has 0 spiro atoms. The third-order valence-corrected chi connectivity index (χ3v) is 4.39. The molecule has 2 aromatic rings. The van der Waals surface area contributed by atoms with Gasteiger partial charge in [-0.3, -0.25) is 4.90 Å². The average Bonchev–Trinajstić information content (AvgIpc) is 3.15. The molecule has 3 rings (SSSR count). The Morgan fingerprint density at radius 2 is 2.19 bits per heavy atom. The van der Waals surface area contributed by atoms with Crippen LogP contribution in [-0.4, -0.2) is 41.2 Å². The summed E-state index contributed by atoms with van der Waals surface area (Å²) in [6.07, 6.45) is 5.97. The SMILES string of the molecule is CO[C@@H]1CC(c2ncc[nH]2)N(CCc2ccc(Cl)cc2)C1. The highest BCUT2D eigenvalue weighted by Gasteiger charge is 2.34. The molecule has 4 nitrogen and oxygen atoms in total.